The molecule has 4 aliphatic heterocycles. The summed E-state index contributed by atoms with van der Waals surface area (Å²) in [5.41, 5.74) is 19.1. The van der Waals surface area contributed by atoms with Crippen molar-refractivity contribution >= 4 is 23.6 Å². The molecule has 3 fully saturated rings. The van der Waals surface area contributed by atoms with Gasteiger partial charge in [0.15, 0.2) is 0 Å². The summed E-state index contributed by atoms with van der Waals surface area (Å²) in [7, 11) is 2.19. The Labute approximate surface area is 593 Å². The van der Waals surface area contributed by atoms with E-state index in [0.717, 1.165) is 18.7 Å². The van der Waals surface area contributed by atoms with Gasteiger partial charge >= 0.3 is 0 Å². The van der Waals surface area contributed by atoms with Gasteiger partial charge < -0.3 is 31.7 Å². The number of carbonyl (C=O) groups is 2. The number of carbonyl (C=O) groups excluding carboxylic acids is 2. The van der Waals surface area contributed by atoms with Gasteiger partial charge in [-0.2, -0.15) is 15.3 Å². The van der Waals surface area contributed by atoms with Crippen molar-refractivity contribution in [2.75, 3.05) is 66.1 Å². The van der Waals surface area contributed by atoms with Crippen molar-refractivity contribution in [3.63, 3.8) is 0 Å². The number of nitrogens with two attached hydrogens (primary N) is 3. The Balaban J connectivity index is -0.000000487. The first-order valence-corrected chi connectivity index (χ1v) is 36.1. The van der Waals surface area contributed by atoms with E-state index in [0.29, 0.717) is 48.3 Å². The zero-order valence-electron chi connectivity index (χ0n) is 69.6. The van der Waals surface area contributed by atoms with Crippen LogP contribution in [0.15, 0.2) is 59.8 Å². The number of likely N-dealkylation sites (tertiary alicyclic amines) is 2. The SMILES string of the molecule is CC(C)(C)C1=NN=CC1.CC(C)(C)CCC(N)=O.CC(C)(C)N.CC(C)(C)N1CCCC1.CC(C)(C)N1CCCCC1.CC(C)(C)NCN.CC(C)(C)c1ncc[nH]1.CC(C)(C)n1cccc1.CC(C)(C)n1cncn1.CCC(=O)CC(C)(C)C.CN1CCN(C(C)(C)C)CC1. The van der Waals surface area contributed by atoms with E-state index in [-0.39, 0.29) is 49.7 Å². The lowest BCUT2D eigenvalue weighted by Crippen LogP contribution is -2.52. The van der Waals surface area contributed by atoms with E-state index in [1.807, 2.05) is 56.9 Å². The lowest BCUT2D eigenvalue weighted by Gasteiger charge is -2.41. The van der Waals surface area contributed by atoms with E-state index in [1.54, 1.807) is 18.9 Å². The number of piperazine rings is 1. The molecule has 0 aliphatic carbocycles. The minimum absolute atomic E-state index is 0. The number of aromatic amines is 1. The number of hydrogen-bond acceptors (Lipinski definition) is 14. The molecule has 3 aromatic heterocycles. The van der Waals surface area contributed by atoms with Crippen molar-refractivity contribution in [3.05, 3.63) is 55.4 Å². The highest BCUT2D eigenvalue weighted by Crippen LogP contribution is 2.24. The molecular weight excluding hydrogens is 1190 g/mol. The van der Waals surface area contributed by atoms with Gasteiger partial charge in [0.1, 0.15) is 24.3 Å². The topological polar surface area (TPSA) is 226 Å². The monoisotopic (exact) mass is 1350 g/mol. The van der Waals surface area contributed by atoms with Gasteiger partial charge in [0.25, 0.3) is 0 Å². The number of Topliss-reactive ketones (excluding diaryl/α,β-unsaturated/α-hetero) is 1. The maximum atomic E-state index is 10.8. The maximum absolute atomic E-state index is 10.8. The van der Waals surface area contributed by atoms with E-state index in [2.05, 4.69) is 287 Å². The van der Waals surface area contributed by atoms with Crippen molar-refractivity contribution < 1.29 is 9.59 Å². The maximum Gasteiger partial charge on any atom is 0.217 e. The first-order valence-electron chi connectivity index (χ1n) is 36.1. The van der Waals surface area contributed by atoms with Crippen molar-refractivity contribution in [1.29, 1.82) is 0 Å². The second kappa shape index (κ2) is 45.6. The predicted molar refractivity (Wildman–Crippen MR) is 419 cm³/mol. The third-order valence-electron chi connectivity index (χ3n) is 14.8. The summed E-state index contributed by atoms with van der Waals surface area (Å²) < 4.78 is 4.01. The lowest BCUT2D eigenvalue weighted by molar-refractivity contribution is -0.120. The molecule has 4 aliphatic rings. The number of likely N-dealkylation sites (N-methyl/N-ethyl adjacent to an activating group) is 1. The van der Waals surface area contributed by atoms with Crippen LogP contribution in [0.2, 0.25) is 0 Å². The fraction of sp³-hybridized carbons (Fsp3) is 0.833. The molecule has 564 valence electrons. The molecule has 0 saturated carbocycles. The van der Waals surface area contributed by atoms with Crippen LogP contribution in [0.4, 0.5) is 0 Å². The Hall–Kier alpha value is -4.17. The molecule has 96 heavy (non-hydrogen) atoms. The highest BCUT2D eigenvalue weighted by atomic mass is 16.1. The minimum atomic E-state index is -0.204. The van der Waals surface area contributed by atoms with Crippen LogP contribution in [0.5, 0.6) is 0 Å². The Kier molecular flexibility index (Phi) is 46.6. The van der Waals surface area contributed by atoms with Crippen molar-refractivity contribution in [3.8, 4) is 0 Å². The third kappa shape index (κ3) is 61.0. The van der Waals surface area contributed by atoms with E-state index < -0.39 is 0 Å². The summed E-state index contributed by atoms with van der Waals surface area (Å²) >= 11 is 0. The molecular formula is C78H160N16O2. The average Bonchev–Trinajstić information content (AvgIpc) is 3.13. The van der Waals surface area contributed by atoms with Crippen LogP contribution in [0.25, 0.3) is 0 Å². The van der Waals surface area contributed by atoms with Crippen molar-refractivity contribution in [2.24, 2.45) is 43.6 Å². The molecule has 0 aromatic carbocycles. The molecule has 1 amide bonds. The van der Waals surface area contributed by atoms with Crippen molar-refractivity contribution in [1.82, 2.24) is 54.2 Å². The van der Waals surface area contributed by atoms with Gasteiger partial charge in [-0.05, 0) is 234 Å². The molecule has 3 aromatic rings. The molecule has 8 N–H and O–H groups in total. The number of nitrogens with one attached hydrogen (secondary N) is 2. The molecule has 3 saturated heterocycles. The number of nitrogens with zero attached hydrogens (tertiary/aromatic N) is 11. The van der Waals surface area contributed by atoms with Crippen molar-refractivity contribution in [2.45, 2.75) is 344 Å². The van der Waals surface area contributed by atoms with Gasteiger partial charge in [-0.15, -0.1) is 0 Å². The van der Waals surface area contributed by atoms with Crippen LogP contribution in [0.1, 0.15) is 305 Å². The van der Waals surface area contributed by atoms with Gasteiger partial charge in [-0.3, -0.25) is 29.6 Å². The number of aromatic nitrogens is 6. The molecule has 0 unspecified atom stereocenters. The first-order chi connectivity index (χ1) is 43.1. The Bertz CT molecular complexity index is 2290. The number of ketones is 1. The Morgan fingerprint density at radius 3 is 1.19 bits per heavy atom. The highest BCUT2D eigenvalue weighted by Gasteiger charge is 2.26. The molecule has 0 bridgehead atoms. The quantitative estimate of drug-likeness (QED) is 0.150. The number of piperidine rings is 1. The summed E-state index contributed by atoms with van der Waals surface area (Å²) in [6.45, 7) is 83.6. The second-order valence-electron chi connectivity index (χ2n) is 37.5. The van der Waals surface area contributed by atoms with Gasteiger partial charge in [-0.25, -0.2) is 14.6 Å². The van der Waals surface area contributed by atoms with E-state index in [4.69, 9.17) is 17.2 Å². The third-order valence-corrected chi connectivity index (χ3v) is 14.8. The fourth-order valence-corrected chi connectivity index (χ4v) is 8.70. The van der Waals surface area contributed by atoms with Crippen LogP contribution < -0.4 is 22.5 Å². The number of H-pyrrole nitrogens is 1. The molecule has 7 heterocycles. The van der Waals surface area contributed by atoms with Gasteiger partial charge in [0.2, 0.25) is 5.91 Å². The molecule has 7 rings (SSSR count). The number of amides is 1. The number of primary amides is 1. The molecule has 0 spiro atoms. The summed E-state index contributed by atoms with van der Waals surface area (Å²) in [6.07, 6.45) is 23.7. The van der Waals surface area contributed by atoms with Gasteiger partial charge in [0.05, 0.1) is 11.3 Å². The number of imidazole rings is 1. The number of hydrogen-bond donors (Lipinski definition) is 5. The summed E-state index contributed by atoms with van der Waals surface area (Å²) in [5.74, 6) is 1.20. The zero-order valence-corrected chi connectivity index (χ0v) is 69.6. The normalized spacial score (nSPS) is 16.0. The average molecular weight is 1350 g/mol. The molecule has 0 atom stereocenters. The van der Waals surface area contributed by atoms with Gasteiger partial charge in [0, 0.05) is 134 Å². The molecule has 0 radical (unpaired) electrons. The first kappa shape index (κ1) is 98.2. The standard InChI is InChI=1S/C9H20N2.C9H19N.C8H17N.C8H13N.C8H16O.2C7H12N2.C7H15NO.C6H11N3.C5H14N2.C4H11N/c1-9(2,3)11-7-5-10(4)6-8-11;1-9(2,3)10-7-5-4-6-8-10;2*1-8(2,3)9-6-4-5-7-9;1-5-7(9)6-8(2,3)4;1-7(2,3)6-8-4-5-9-6;1-7(2,3)6-4-5-8-9-6;1-7(2,3)5-4-6(8)9;1-6(2,3)9-5-7-4-8-9;1-5(2,3)7-4-6;1-4(2,3)5/h5-8H2,1-4H3;4-8H2,1-3H3;4-7H2,1-3H3;4-7H,1-3H3;5-6H2,1-4H3;4-5H,1-3H3,(H,8,9);5H,4H2,1-3H3;4-5H2,1-3H3,(H2,8,9);4-5H,1-3H3;7H,4,6H2,1-3H3;5H2,1-3H3. The van der Waals surface area contributed by atoms with E-state index in [9.17, 15) is 9.59 Å². The fourth-order valence-electron chi connectivity index (χ4n) is 8.70. The Morgan fingerprint density at radius 2 is 1.00 bits per heavy atom. The second-order valence-corrected chi connectivity index (χ2v) is 37.5. The van der Waals surface area contributed by atoms with Gasteiger partial charge in [-0.1, -0.05) is 96.4 Å². The highest BCUT2D eigenvalue weighted by molar-refractivity contribution is 6.01. The Morgan fingerprint density at radius 1 is 0.573 bits per heavy atom. The summed E-state index contributed by atoms with van der Waals surface area (Å²) in [4.78, 5) is 42.2. The predicted octanol–water partition coefficient (Wildman–Crippen LogP) is 16.8. The molecule has 18 heteroatoms. The lowest BCUT2D eigenvalue weighted by atomic mass is 9.89. The van der Waals surface area contributed by atoms with Crippen LogP contribution in [0.3, 0.4) is 0 Å². The largest absolute Gasteiger partial charge is 0.370 e. The minimum Gasteiger partial charge on any atom is -0.370 e. The van der Waals surface area contributed by atoms with Crippen LogP contribution in [-0.4, -0.2) is 166 Å². The van der Waals surface area contributed by atoms with E-state index >= 15 is 0 Å². The van der Waals surface area contributed by atoms with E-state index in [1.165, 1.54) is 90.2 Å². The van der Waals surface area contributed by atoms with Crippen LogP contribution in [0, 0.1) is 16.2 Å². The molecule has 18 nitrogen and oxygen atoms in total. The van der Waals surface area contributed by atoms with Crippen LogP contribution >= 0.6 is 0 Å². The van der Waals surface area contributed by atoms with Crippen LogP contribution in [-0.2, 0) is 26.1 Å². The smallest absolute Gasteiger partial charge is 0.217 e. The number of rotatable bonds is 5. The zero-order chi connectivity index (χ0) is 76.0. The summed E-state index contributed by atoms with van der Waals surface area (Å²) in [6, 6.07) is 4.09. The summed E-state index contributed by atoms with van der Waals surface area (Å²) in [5, 5.41) is 14.8.